The van der Waals surface area contributed by atoms with E-state index in [1.807, 2.05) is 6.92 Å². The Kier molecular flexibility index (Phi) is 5.18. The van der Waals surface area contributed by atoms with Crippen molar-refractivity contribution in [3.05, 3.63) is 0 Å². The van der Waals surface area contributed by atoms with E-state index < -0.39 is 5.60 Å². The Hall–Kier alpha value is -0.160. The van der Waals surface area contributed by atoms with Crippen LogP contribution in [0.5, 0.6) is 0 Å². The topological polar surface area (TPSA) is 52.7 Å². The van der Waals surface area contributed by atoms with E-state index in [0.29, 0.717) is 13.1 Å². The molecule has 0 bridgehead atoms. The van der Waals surface area contributed by atoms with Gasteiger partial charge < -0.3 is 15.7 Å². The summed E-state index contributed by atoms with van der Waals surface area (Å²) in [6.45, 7) is 12.8. The Balaban J connectivity index is 2.27. The molecule has 0 radical (unpaired) electrons. The molecule has 0 aromatic carbocycles. The molecule has 1 heterocycles. The molecule has 0 amide bonds. The molecule has 1 fully saturated rings. The van der Waals surface area contributed by atoms with Crippen LogP contribution in [0.1, 0.15) is 20.8 Å². The van der Waals surface area contributed by atoms with Crippen LogP contribution >= 0.6 is 0 Å². The van der Waals surface area contributed by atoms with Crippen molar-refractivity contribution in [2.24, 2.45) is 11.7 Å². The van der Waals surface area contributed by atoms with Crippen molar-refractivity contribution < 1.29 is 5.11 Å². The maximum atomic E-state index is 9.91. The minimum atomic E-state index is -0.736. The lowest BCUT2D eigenvalue weighted by atomic mass is 10.1. The van der Waals surface area contributed by atoms with Gasteiger partial charge in [0.25, 0.3) is 0 Å². The molecule has 1 unspecified atom stereocenters. The summed E-state index contributed by atoms with van der Waals surface area (Å²) in [7, 11) is 0. The van der Waals surface area contributed by atoms with Crippen LogP contribution in [0.4, 0.5) is 0 Å². The third-order valence-electron chi connectivity index (χ3n) is 3.09. The summed E-state index contributed by atoms with van der Waals surface area (Å²) in [6, 6.07) is 0. The van der Waals surface area contributed by atoms with Crippen LogP contribution in [0.2, 0.25) is 0 Å². The first-order valence-corrected chi connectivity index (χ1v) is 6.30. The zero-order valence-corrected chi connectivity index (χ0v) is 10.9. The van der Waals surface area contributed by atoms with E-state index in [1.165, 1.54) is 6.54 Å². The van der Waals surface area contributed by atoms with Gasteiger partial charge in [0.1, 0.15) is 0 Å². The molecule has 1 atom stereocenters. The van der Waals surface area contributed by atoms with Crippen molar-refractivity contribution in [2.75, 3.05) is 45.8 Å². The summed E-state index contributed by atoms with van der Waals surface area (Å²) < 4.78 is 0. The van der Waals surface area contributed by atoms with Gasteiger partial charge >= 0.3 is 0 Å². The number of aliphatic hydroxyl groups is 1. The summed E-state index contributed by atoms with van der Waals surface area (Å²) in [6.07, 6.45) is 0. The second kappa shape index (κ2) is 5.96. The monoisotopic (exact) mass is 229 g/mol. The summed E-state index contributed by atoms with van der Waals surface area (Å²) in [4.78, 5) is 4.81. The van der Waals surface area contributed by atoms with E-state index in [2.05, 4.69) is 23.6 Å². The fourth-order valence-electron chi connectivity index (χ4n) is 2.19. The molecule has 96 valence electrons. The van der Waals surface area contributed by atoms with Crippen LogP contribution in [0.3, 0.4) is 0 Å². The first kappa shape index (κ1) is 13.9. The second-order valence-electron chi connectivity index (χ2n) is 5.67. The summed E-state index contributed by atoms with van der Waals surface area (Å²) in [5.74, 6) is 0.735. The van der Waals surface area contributed by atoms with Gasteiger partial charge in [-0.1, -0.05) is 13.8 Å². The maximum Gasteiger partial charge on any atom is 0.0867 e. The Morgan fingerprint density at radius 1 is 1.19 bits per heavy atom. The zero-order chi connectivity index (χ0) is 12.2. The van der Waals surface area contributed by atoms with Crippen LogP contribution < -0.4 is 5.73 Å². The van der Waals surface area contributed by atoms with E-state index in [4.69, 9.17) is 5.73 Å². The number of rotatable bonds is 5. The minimum absolute atomic E-state index is 0.333. The molecule has 16 heavy (non-hydrogen) atoms. The smallest absolute Gasteiger partial charge is 0.0867 e. The van der Waals surface area contributed by atoms with Gasteiger partial charge in [0.05, 0.1) is 5.60 Å². The number of hydrogen-bond acceptors (Lipinski definition) is 4. The Labute approximate surface area is 99.4 Å². The van der Waals surface area contributed by atoms with Gasteiger partial charge in [-0.05, 0) is 12.8 Å². The van der Waals surface area contributed by atoms with Gasteiger partial charge in [0.15, 0.2) is 0 Å². The summed E-state index contributed by atoms with van der Waals surface area (Å²) in [5, 5.41) is 9.91. The highest BCUT2D eigenvalue weighted by Crippen LogP contribution is 2.09. The van der Waals surface area contributed by atoms with Gasteiger partial charge in [-0.2, -0.15) is 0 Å². The number of nitrogens with two attached hydrogens (primary N) is 1. The Morgan fingerprint density at radius 2 is 1.69 bits per heavy atom. The fourth-order valence-corrected chi connectivity index (χ4v) is 2.19. The minimum Gasteiger partial charge on any atom is -0.388 e. The van der Waals surface area contributed by atoms with Crippen molar-refractivity contribution in [1.29, 1.82) is 0 Å². The molecule has 3 N–H and O–H groups in total. The maximum absolute atomic E-state index is 9.91. The highest BCUT2D eigenvalue weighted by atomic mass is 16.3. The lowest BCUT2D eigenvalue weighted by Crippen LogP contribution is -2.53. The molecule has 1 rings (SSSR count). The molecule has 0 saturated carbocycles. The first-order chi connectivity index (χ1) is 7.43. The molecule has 0 spiro atoms. The van der Waals surface area contributed by atoms with E-state index in [1.54, 1.807) is 0 Å². The molecular weight excluding hydrogens is 202 g/mol. The summed E-state index contributed by atoms with van der Waals surface area (Å²) in [5.41, 5.74) is 4.79. The molecule has 1 aliphatic heterocycles. The van der Waals surface area contributed by atoms with Crippen molar-refractivity contribution in [2.45, 2.75) is 26.4 Å². The Morgan fingerprint density at radius 3 is 2.12 bits per heavy atom. The molecule has 4 nitrogen and oxygen atoms in total. The molecule has 1 aliphatic rings. The summed E-state index contributed by atoms with van der Waals surface area (Å²) >= 11 is 0. The van der Waals surface area contributed by atoms with Gasteiger partial charge in [-0.25, -0.2) is 0 Å². The van der Waals surface area contributed by atoms with Crippen LogP contribution in [0, 0.1) is 5.92 Å². The number of piperazine rings is 1. The Bertz CT molecular complexity index is 198. The van der Waals surface area contributed by atoms with E-state index in [0.717, 1.165) is 32.1 Å². The predicted molar refractivity (Wildman–Crippen MR) is 67.4 cm³/mol. The van der Waals surface area contributed by atoms with Crippen molar-refractivity contribution in [3.63, 3.8) is 0 Å². The average Bonchev–Trinajstić information content (AvgIpc) is 2.20. The lowest BCUT2D eigenvalue weighted by molar-refractivity contribution is 0.00937. The standard InChI is InChI=1S/C12H27N3O/c1-11(2)8-14-4-6-15(7-5-14)10-12(3,16)9-13/h11,16H,4-10,13H2,1-3H3. The van der Waals surface area contributed by atoms with Gasteiger partial charge in [0, 0.05) is 45.8 Å². The van der Waals surface area contributed by atoms with Crippen LogP contribution in [0.25, 0.3) is 0 Å². The quantitative estimate of drug-likeness (QED) is 0.695. The lowest BCUT2D eigenvalue weighted by Gasteiger charge is -2.38. The third kappa shape index (κ3) is 4.78. The fraction of sp³-hybridized carbons (Fsp3) is 1.00. The number of β-amino-alcohol motifs (C(OH)–C–C–N with tert-alkyl or cyclic N) is 1. The normalized spacial score (nSPS) is 23.6. The molecule has 1 saturated heterocycles. The van der Waals surface area contributed by atoms with E-state index in [9.17, 15) is 5.11 Å². The van der Waals surface area contributed by atoms with Crippen LogP contribution in [-0.4, -0.2) is 66.3 Å². The third-order valence-corrected chi connectivity index (χ3v) is 3.09. The average molecular weight is 229 g/mol. The van der Waals surface area contributed by atoms with Crippen molar-refractivity contribution in [3.8, 4) is 0 Å². The molecular formula is C12H27N3O. The molecule has 0 aromatic rings. The molecule has 0 aliphatic carbocycles. The number of nitrogens with zero attached hydrogens (tertiary/aromatic N) is 2. The van der Waals surface area contributed by atoms with Crippen LogP contribution in [-0.2, 0) is 0 Å². The van der Waals surface area contributed by atoms with Crippen LogP contribution in [0.15, 0.2) is 0 Å². The molecule has 4 heteroatoms. The second-order valence-corrected chi connectivity index (χ2v) is 5.67. The largest absolute Gasteiger partial charge is 0.388 e. The van der Waals surface area contributed by atoms with Crippen molar-refractivity contribution >= 4 is 0 Å². The highest BCUT2D eigenvalue weighted by Gasteiger charge is 2.25. The first-order valence-electron chi connectivity index (χ1n) is 6.30. The van der Waals surface area contributed by atoms with Gasteiger partial charge in [-0.3, -0.25) is 4.90 Å². The SMILES string of the molecule is CC(C)CN1CCN(CC(C)(O)CN)CC1. The van der Waals surface area contributed by atoms with Gasteiger partial charge in [0.2, 0.25) is 0 Å². The van der Waals surface area contributed by atoms with E-state index in [-0.39, 0.29) is 0 Å². The van der Waals surface area contributed by atoms with E-state index >= 15 is 0 Å². The van der Waals surface area contributed by atoms with Crippen molar-refractivity contribution in [1.82, 2.24) is 9.80 Å². The number of hydrogen-bond donors (Lipinski definition) is 2. The molecule has 0 aromatic heterocycles. The predicted octanol–water partition coefficient (Wildman–Crippen LogP) is -0.0303. The van der Waals surface area contributed by atoms with Gasteiger partial charge in [-0.15, -0.1) is 0 Å². The zero-order valence-electron chi connectivity index (χ0n) is 10.9. The highest BCUT2D eigenvalue weighted by molar-refractivity contribution is 4.81.